The molecule has 26 heavy (non-hydrogen) atoms. The number of rotatable bonds is 6. The molecule has 0 saturated carbocycles. The van der Waals surface area contributed by atoms with Crippen LogP contribution in [0.3, 0.4) is 0 Å². The first-order valence-electron chi connectivity index (χ1n) is 8.07. The van der Waals surface area contributed by atoms with E-state index in [0.717, 1.165) is 37.1 Å². The van der Waals surface area contributed by atoms with Crippen LogP contribution in [0, 0.1) is 0 Å². The second-order valence-electron chi connectivity index (χ2n) is 5.60. The minimum absolute atomic E-state index is 0.0982. The Morgan fingerprint density at radius 3 is 2.08 bits per heavy atom. The van der Waals surface area contributed by atoms with Crippen molar-refractivity contribution in [2.24, 2.45) is 0 Å². The van der Waals surface area contributed by atoms with Gasteiger partial charge in [-0.2, -0.15) is 13.2 Å². The number of halogens is 3. The number of anilines is 1. The highest BCUT2D eigenvalue weighted by atomic mass is 19.4. The number of carbonyl (C=O) groups excluding carboxylic acids is 2. The van der Waals surface area contributed by atoms with Crippen molar-refractivity contribution in [3.05, 3.63) is 65.2 Å². The van der Waals surface area contributed by atoms with Crippen LogP contribution in [0.5, 0.6) is 0 Å². The van der Waals surface area contributed by atoms with Gasteiger partial charge in [0.05, 0.1) is 17.7 Å². The number of ether oxygens (including phenoxy) is 1. The molecule has 0 spiro atoms. The highest BCUT2D eigenvalue weighted by molar-refractivity contribution is 6.04. The minimum Gasteiger partial charge on any atom is -0.462 e. The molecule has 2 rings (SSSR count). The summed E-state index contributed by atoms with van der Waals surface area (Å²) in [7, 11) is 0. The molecule has 0 aliphatic carbocycles. The molecule has 0 atom stereocenters. The molecule has 0 aliphatic heterocycles. The Bertz CT molecular complexity index is 753. The number of hydrogen-bond acceptors (Lipinski definition) is 3. The van der Waals surface area contributed by atoms with Gasteiger partial charge in [-0.1, -0.05) is 13.3 Å². The van der Waals surface area contributed by atoms with E-state index in [1.165, 1.54) is 24.3 Å². The molecule has 1 N–H and O–H groups in total. The molecule has 2 aromatic rings. The van der Waals surface area contributed by atoms with Crippen molar-refractivity contribution in [1.82, 2.24) is 0 Å². The summed E-state index contributed by atoms with van der Waals surface area (Å²) in [5.41, 5.74) is 0.0506. The van der Waals surface area contributed by atoms with Crippen molar-refractivity contribution >= 4 is 17.6 Å². The maximum Gasteiger partial charge on any atom is 0.416 e. The van der Waals surface area contributed by atoms with Crippen LogP contribution in [-0.4, -0.2) is 18.5 Å². The molecule has 2 aromatic carbocycles. The quantitative estimate of drug-likeness (QED) is 0.584. The maximum absolute atomic E-state index is 12.5. The van der Waals surface area contributed by atoms with Crippen LogP contribution in [0.4, 0.5) is 18.9 Å². The van der Waals surface area contributed by atoms with Crippen molar-refractivity contribution in [3.63, 3.8) is 0 Å². The molecule has 0 aliphatic rings. The molecule has 0 unspecified atom stereocenters. The first-order valence-corrected chi connectivity index (χ1v) is 8.07. The molecule has 7 heteroatoms. The van der Waals surface area contributed by atoms with Crippen LogP contribution in [0.25, 0.3) is 0 Å². The first kappa shape index (κ1) is 19.5. The Morgan fingerprint density at radius 2 is 1.54 bits per heavy atom. The third kappa shape index (κ3) is 5.34. The summed E-state index contributed by atoms with van der Waals surface area (Å²) in [4.78, 5) is 23.9. The third-order valence-corrected chi connectivity index (χ3v) is 3.58. The predicted molar refractivity (Wildman–Crippen MR) is 91.0 cm³/mol. The number of hydrogen-bond donors (Lipinski definition) is 1. The molecular formula is C19H18F3NO3. The number of nitrogens with one attached hydrogen (secondary N) is 1. The zero-order valence-corrected chi connectivity index (χ0v) is 14.1. The number of alkyl halides is 3. The van der Waals surface area contributed by atoms with E-state index in [1.54, 1.807) is 0 Å². The van der Waals surface area contributed by atoms with Crippen LogP contribution in [0.1, 0.15) is 46.0 Å². The van der Waals surface area contributed by atoms with Crippen LogP contribution >= 0.6 is 0 Å². The summed E-state index contributed by atoms with van der Waals surface area (Å²) in [6.45, 7) is 2.34. The van der Waals surface area contributed by atoms with Gasteiger partial charge in [0.15, 0.2) is 0 Å². The molecule has 1 amide bonds. The Labute approximate surface area is 149 Å². The zero-order valence-electron chi connectivity index (χ0n) is 14.1. The van der Waals surface area contributed by atoms with Gasteiger partial charge < -0.3 is 10.1 Å². The molecule has 0 bridgehead atoms. The lowest BCUT2D eigenvalue weighted by Crippen LogP contribution is -2.13. The topological polar surface area (TPSA) is 55.4 Å². The van der Waals surface area contributed by atoms with Crippen molar-refractivity contribution in [1.29, 1.82) is 0 Å². The summed E-state index contributed by atoms with van der Waals surface area (Å²) < 4.78 is 42.7. The lowest BCUT2D eigenvalue weighted by Gasteiger charge is -2.09. The molecule has 4 nitrogen and oxygen atoms in total. The normalized spacial score (nSPS) is 11.1. The van der Waals surface area contributed by atoms with Crippen LogP contribution in [0.2, 0.25) is 0 Å². The second kappa shape index (κ2) is 8.51. The van der Waals surface area contributed by atoms with E-state index >= 15 is 0 Å². The summed E-state index contributed by atoms with van der Waals surface area (Å²) in [5.74, 6) is -0.990. The first-order chi connectivity index (χ1) is 12.3. The van der Waals surface area contributed by atoms with Gasteiger partial charge in [0.25, 0.3) is 5.91 Å². The van der Waals surface area contributed by atoms with Crippen LogP contribution < -0.4 is 5.32 Å². The van der Waals surface area contributed by atoms with Gasteiger partial charge in [-0.3, -0.25) is 4.79 Å². The molecule has 0 heterocycles. The average molecular weight is 365 g/mol. The van der Waals surface area contributed by atoms with E-state index in [9.17, 15) is 22.8 Å². The number of benzene rings is 2. The number of amides is 1. The average Bonchev–Trinajstić information content (AvgIpc) is 2.62. The lowest BCUT2D eigenvalue weighted by atomic mass is 10.1. The van der Waals surface area contributed by atoms with Gasteiger partial charge in [0.2, 0.25) is 0 Å². The van der Waals surface area contributed by atoms with Crippen molar-refractivity contribution in [2.75, 3.05) is 11.9 Å². The molecule has 0 fully saturated rings. The van der Waals surface area contributed by atoms with E-state index in [-0.39, 0.29) is 5.56 Å². The van der Waals surface area contributed by atoms with Crippen LogP contribution in [-0.2, 0) is 10.9 Å². The fourth-order valence-electron chi connectivity index (χ4n) is 2.10. The molecule has 0 radical (unpaired) electrons. The summed E-state index contributed by atoms with van der Waals surface area (Å²) in [5, 5.41) is 2.56. The fraction of sp³-hybridized carbons (Fsp3) is 0.263. The summed E-state index contributed by atoms with van der Waals surface area (Å²) >= 11 is 0. The van der Waals surface area contributed by atoms with Crippen molar-refractivity contribution in [3.8, 4) is 0 Å². The summed E-state index contributed by atoms with van der Waals surface area (Å²) in [6.07, 6.45) is -2.74. The standard InChI is InChI=1S/C19H18F3NO3/c1-2-3-12-26-18(25)14-6-10-16(11-7-14)23-17(24)13-4-8-15(9-5-13)19(20,21)22/h4-11H,2-3,12H2,1H3,(H,23,24). The monoisotopic (exact) mass is 365 g/mol. The molecule has 0 saturated heterocycles. The van der Waals surface area contributed by atoms with Crippen molar-refractivity contribution in [2.45, 2.75) is 25.9 Å². The maximum atomic E-state index is 12.5. The number of esters is 1. The van der Waals surface area contributed by atoms with Gasteiger partial charge >= 0.3 is 12.1 Å². The smallest absolute Gasteiger partial charge is 0.416 e. The van der Waals surface area contributed by atoms with Crippen LogP contribution in [0.15, 0.2) is 48.5 Å². The van der Waals surface area contributed by atoms with Gasteiger partial charge in [0, 0.05) is 11.3 Å². The van der Waals surface area contributed by atoms with Crippen molar-refractivity contribution < 1.29 is 27.5 Å². The Kier molecular flexibility index (Phi) is 6.38. The van der Waals surface area contributed by atoms with E-state index in [4.69, 9.17) is 4.74 Å². The van der Waals surface area contributed by atoms with E-state index < -0.39 is 23.6 Å². The van der Waals surface area contributed by atoms with Gasteiger partial charge in [-0.15, -0.1) is 0 Å². The zero-order chi connectivity index (χ0) is 19.2. The molecule has 138 valence electrons. The highest BCUT2D eigenvalue weighted by Gasteiger charge is 2.30. The van der Waals surface area contributed by atoms with Gasteiger partial charge in [-0.05, 0) is 55.0 Å². The SMILES string of the molecule is CCCCOC(=O)c1ccc(NC(=O)c2ccc(C(F)(F)F)cc2)cc1. The van der Waals surface area contributed by atoms with Gasteiger partial charge in [-0.25, -0.2) is 4.79 Å². The van der Waals surface area contributed by atoms with E-state index in [2.05, 4.69) is 5.32 Å². The predicted octanol–water partition coefficient (Wildman–Crippen LogP) is 4.91. The van der Waals surface area contributed by atoms with E-state index in [1.807, 2.05) is 6.92 Å². The Balaban J connectivity index is 1.98. The van der Waals surface area contributed by atoms with E-state index in [0.29, 0.717) is 17.9 Å². The lowest BCUT2D eigenvalue weighted by molar-refractivity contribution is -0.137. The number of carbonyl (C=O) groups is 2. The minimum atomic E-state index is -4.45. The summed E-state index contributed by atoms with van der Waals surface area (Å²) in [6, 6.07) is 9.99. The van der Waals surface area contributed by atoms with Gasteiger partial charge in [0.1, 0.15) is 0 Å². The molecular weight excluding hydrogens is 347 g/mol. The number of unbranched alkanes of at least 4 members (excludes halogenated alkanes) is 1. The molecule has 0 aromatic heterocycles. The largest absolute Gasteiger partial charge is 0.462 e. The third-order valence-electron chi connectivity index (χ3n) is 3.58. The second-order valence-corrected chi connectivity index (χ2v) is 5.60. The highest BCUT2D eigenvalue weighted by Crippen LogP contribution is 2.29. The fourth-order valence-corrected chi connectivity index (χ4v) is 2.10. The Hall–Kier alpha value is -2.83. The Morgan fingerprint density at radius 1 is 0.962 bits per heavy atom.